The number of nitrogens with zero attached hydrogens (tertiary/aromatic N) is 2. The first kappa shape index (κ1) is 17.8. The Morgan fingerprint density at radius 3 is 2.58 bits per heavy atom. The molecule has 0 spiro atoms. The highest BCUT2D eigenvalue weighted by atomic mass is 35.5. The molecule has 4 nitrogen and oxygen atoms in total. The average Bonchev–Trinajstić information content (AvgIpc) is 3.12. The van der Waals surface area contributed by atoms with Gasteiger partial charge in [0.2, 0.25) is 0 Å². The molecule has 1 aliphatic heterocycles. The number of hydrogen-bond acceptors (Lipinski definition) is 4. The van der Waals surface area contributed by atoms with Crippen molar-refractivity contribution in [2.75, 3.05) is 0 Å². The Bertz CT molecular complexity index is 856. The quantitative estimate of drug-likeness (QED) is 0.566. The summed E-state index contributed by atoms with van der Waals surface area (Å²) < 4.78 is 0. The first-order valence-corrected chi connectivity index (χ1v) is 10.1. The third-order valence-corrected chi connectivity index (χ3v) is 7.74. The lowest BCUT2D eigenvalue weighted by Crippen LogP contribution is -2.32. The summed E-state index contributed by atoms with van der Waals surface area (Å²) in [5, 5.41) is 13.0. The minimum Gasteiger partial charge on any atom is -0.299 e. The van der Waals surface area contributed by atoms with Crippen LogP contribution in [0, 0.1) is 16.7 Å². The number of halogens is 1. The first-order valence-electron chi connectivity index (χ1n) is 8.91. The van der Waals surface area contributed by atoms with Gasteiger partial charge in [-0.2, -0.15) is 5.10 Å². The van der Waals surface area contributed by atoms with Crippen LogP contribution in [-0.4, -0.2) is 16.8 Å². The lowest BCUT2D eigenvalue weighted by Gasteiger charge is -2.34. The third kappa shape index (κ3) is 2.81. The SMILES string of the molecule is CC1(C)[C@@H]2CC[C@]1(C)/C(=N\N=C1NC(=O)/C(=C\c3ccc(Cl)cc3)S1)C2. The smallest absolute Gasteiger partial charge is 0.264 e. The van der Waals surface area contributed by atoms with E-state index in [1.54, 1.807) is 0 Å². The van der Waals surface area contributed by atoms with Crippen LogP contribution < -0.4 is 5.32 Å². The number of fused-ring (bicyclic) bond motifs is 2. The minimum atomic E-state index is -0.136. The van der Waals surface area contributed by atoms with E-state index in [1.807, 2.05) is 30.3 Å². The van der Waals surface area contributed by atoms with Gasteiger partial charge in [0, 0.05) is 16.1 Å². The summed E-state index contributed by atoms with van der Waals surface area (Å²) >= 11 is 7.23. The molecule has 2 saturated carbocycles. The molecule has 2 atom stereocenters. The number of hydrogen-bond donors (Lipinski definition) is 1. The van der Waals surface area contributed by atoms with Gasteiger partial charge in [0.25, 0.3) is 5.91 Å². The van der Waals surface area contributed by atoms with E-state index in [4.69, 9.17) is 11.6 Å². The van der Waals surface area contributed by atoms with Crippen LogP contribution in [0.1, 0.15) is 45.6 Å². The molecule has 1 aromatic carbocycles. The second-order valence-electron chi connectivity index (χ2n) is 8.06. The van der Waals surface area contributed by atoms with Crippen LogP contribution in [0.25, 0.3) is 6.08 Å². The van der Waals surface area contributed by atoms with E-state index in [2.05, 4.69) is 36.3 Å². The van der Waals surface area contributed by atoms with Crippen molar-refractivity contribution in [1.29, 1.82) is 0 Å². The van der Waals surface area contributed by atoms with Crippen molar-refractivity contribution in [2.45, 2.75) is 40.0 Å². The molecule has 1 heterocycles. The van der Waals surface area contributed by atoms with Gasteiger partial charge in [0.15, 0.2) is 5.17 Å². The molecule has 2 bridgehead atoms. The maximum atomic E-state index is 12.2. The maximum Gasteiger partial charge on any atom is 0.264 e. The van der Waals surface area contributed by atoms with Crippen LogP contribution in [0.4, 0.5) is 0 Å². The predicted octanol–water partition coefficient (Wildman–Crippen LogP) is 5.10. The maximum absolute atomic E-state index is 12.2. The van der Waals surface area contributed by atoms with Crippen molar-refractivity contribution >= 4 is 46.2 Å². The van der Waals surface area contributed by atoms with E-state index >= 15 is 0 Å². The van der Waals surface area contributed by atoms with Crippen LogP contribution >= 0.6 is 23.4 Å². The van der Waals surface area contributed by atoms with Gasteiger partial charge in [-0.3, -0.25) is 10.1 Å². The zero-order valence-electron chi connectivity index (χ0n) is 15.2. The number of amides is 1. The molecule has 0 radical (unpaired) electrons. The number of carbonyl (C=O) groups excluding carboxylic acids is 1. The summed E-state index contributed by atoms with van der Waals surface area (Å²) in [4.78, 5) is 12.8. The van der Waals surface area contributed by atoms with Crippen LogP contribution in [0.15, 0.2) is 39.4 Å². The van der Waals surface area contributed by atoms with Gasteiger partial charge < -0.3 is 0 Å². The zero-order valence-corrected chi connectivity index (χ0v) is 16.7. The molecule has 0 aromatic heterocycles. The standard InChI is InChI=1S/C20H22ClN3OS/c1-19(2)13-8-9-20(19,3)16(11-13)23-24-18-22-17(25)15(26-18)10-12-4-6-14(21)7-5-12/h4-7,10,13H,8-9,11H2,1-3H3,(H,22,24,25)/b15-10+,23-16-/t13-,20-/m1/s1. The molecule has 3 aliphatic rings. The van der Waals surface area contributed by atoms with E-state index in [-0.39, 0.29) is 16.7 Å². The van der Waals surface area contributed by atoms with Crippen molar-refractivity contribution in [3.8, 4) is 0 Å². The number of carbonyl (C=O) groups is 1. The number of benzene rings is 1. The van der Waals surface area contributed by atoms with Gasteiger partial charge in [-0.1, -0.05) is 44.5 Å². The Morgan fingerprint density at radius 2 is 1.96 bits per heavy atom. The Hall–Kier alpha value is -1.59. The van der Waals surface area contributed by atoms with Crippen molar-refractivity contribution in [3.05, 3.63) is 39.8 Å². The van der Waals surface area contributed by atoms with E-state index in [9.17, 15) is 4.79 Å². The molecular weight excluding hydrogens is 366 g/mol. The monoisotopic (exact) mass is 387 g/mol. The van der Waals surface area contributed by atoms with Crippen molar-refractivity contribution in [1.82, 2.24) is 5.32 Å². The summed E-state index contributed by atoms with van der Waals surface area (Å²) in [6, 6.07) is 7.39. The third-order valence-electron chi connectivity index (χ3n) is 6.59. The lowest BCUT2D eigenvalue weighted by atomic mass is 9.70. The fourth-order valence-corrected chi connectivity index (χ4v) is 5.27. The molecule has 26 heavy (non-hydrogen) atoms. The highest BCUT2D eigenvalue weighted by Gasteiger charge is 2.60. The van der Waals surface area contributed by atoms with Gasteiger partial charge in [0.05, 0.1) is 4.91 Å². The fourth-order valence-electron chi connectivity index (χ4n) is 4.37. The second-order valence-corrected chi connectivity index (χ2v) is 9.53. The number of thioether (sulfide) groups is 1. The Morgan fingerprint density at radius 1 is 1.23 bits per heavy atom. The molecule has 1 aromatic rings. The van der Waals surface area contributed by atoms with Gasteiger partial charge in [-0.15, -0.1) is 5.10 Å². The molecule has 1 N–H and O–H groups in total. The van der Waals surface area contributed by atoms with Crippen molar-refractivity contribution < 1.29 is 4.79 Å². The average molecular weight is 388 g/mol. The van der Waals surface area contributed by atoms with Gasteiger partial charge in [0.1, 0.15) is 0 Å². The van der Waals surface area contributed by atoms with Crippen molar-refractivity contribution in [2.24, 2.45) is 27.0 Å². The summed E-state index contributed by atoms with van der Waals surface area (Å²) in [7, 11) is 0. The van der Waals surface area contributed by atoms with Gasteiger partial charge in [-0.25, -0.2) is 0 Å². The summed E-state index contributed by atoms with van der Waals surface area (Å²) in [5.74, 6) is 0.556. The first-order chi connectivity index (χ1) is 12.3. The van der Waals surface area contributed by atoms with E-state index in [0.717, 1.165) is 12.0 Å². The largest absolute Gasteiger partial charge is 0.299 e. The van der Waals surface area contributed by atoms with E-state index < -0.39 is 0 Å². The normalized spacial score (nSPS) is 34.2. The molecule has 3 fully saturated rings. The summed E-state index contributed by atoms with van der Waals surface area (Å²) in [5.41, 5.74) is 2.51. The Labute approximate surface area is 163 Å². The lowest BCUT2D eigenvalue weighted by molar-refractivity contribution is -0.115. The number of rotatable bonds is 2. The number of amidine groups is 1. The molecule has 6 heteroatoms. The van der Waals surface area contributed by atoms with Crippen molar-refractivity contribution in [3.63, 3.8) is 0 Å². The molecule has 2 aliphatic carbocycles. The number of nitrogens with one attached hydrogen (secondary N) is 1. The highest BCUT2D eigenvalue weighted by molar-refractivity contribution is 8.18. The van der Waals surface area contributed by atoms with Gasteiger partial charge >= 0.3 is 0 Å². The second kappa shape index (κ2) is 6.24. The van der Waals surface area contributed by atoms with Crippen LogP contribution in [0.5, 0.6) is 0 Å². The molecule has 0 unspecified atom stereocenters. The van der Waals surface area contributed by atoms with Crippen LogP contribution in [0.2, 0.25) is 5.02 Å². The molecule has 1 saturated heterocycles. The topological polar surface area (TPSA) is 53.8 Å². The molecule has 4 rings (SSSR count). The Kier molecular flexibility index (Phi) is 4.27. The van der Waals surface area contributed by atoms with E-state index in [1.165, 1.54) is 30.3 Å². The predicted molar refractivity (Wildman–Crippen MR) is 109 cm³/mol. The summed E-state index contributed by atoms with van der Waals surface area (Å²) in [6.45, 7) is 7.00. The highest BCUT2D eigenvalue weighted by Crippen LogP contribution is 2.64. The minimum absolute atomic E-state index is 0.122. The Balaban J connectivity index is 1.53. The van der Waals surface area contributed by atoms with E-state index in [0.29, 0.717) is 21.0 Å². The zero-order chi connectivity index (χ0) is 18.5. The molecular formula is C20H22ClN3OS. The van der Waals surface area contributed by atoms with Crippen LogP contribution in [0.3, 0.4) is 0 Å². The van der Waals surface area contributed by atoms with Gasteiger partial charge in [-0.05, 0) is 66.1 Å². The van der Waals surface area contributed by atoms with Crippen LogP contribution in [-0.2, 0) is 4.79 Å². The molecule has 136 valence electrons. The fraction of sp³-hybridized carbons (Fsp3) is 0.450. The summed E-state index contributed by atoms with van der Waals surface area (Å²) in [6.07, 6.45) is 5.31. The molecule has 1 amide bonds.